The first-order chi connectivity index (χ1) is 11.7. The first-order valence-electron chi connectivity index (χ1n) is 7.91. The van der Waals surface area contributed by atoms with Gasteiger partial charge in [-0.05, 0) is 17.7 Å². The van der Waals surface area contributed by atoms with Crippen LogP contribution in [0, 0.1) is 0 Å². The summed E-state index contributed by atoms with van der Waals surface area (Å²) in [7, 11) is 1.89. The molecule has 0 N–H and O–H groups in total. The zero-order valence-electron chi connectivity index (χ0n) is 13.5. The van der Waals surface area contributed by atoms with Crippen LogP contribution in [0.1, 0.15) is 11.4 Å². The van der Waals surface area contributed by atoms with E-state index in [4.69, 9.17) is 0 Å². The summed E-state index contributed by atoms with van der Waals surface area (Å²) in [5.74, 6) is 0.870. The molecular weight excluding hydrogens is 300 g/mol. The third-order valence-corrected chi connectivity index (χ3v) is 4.31. The number of rotatable bonds is 4. The normalized spacial score (nSPS) is 11.2. The molecule has 0 spiro atoms. The Hall–Kier alpha value is -3.08. The van der Waals surface area contributed by atoms with Gasteiger partial charge in [0.1, 0.15) is 11.3 Å². The predicted octanol–water partition coefficient (Wildman–Crippen LogP) is 2.63. The first-order valence-corrected chi connectivity index (χ1v) is 7.91. The number of hydrogen-bond donors (Lipinski definition) is 0. The molecule has 5 heteroatoms. The quantitative estimate of drug-likeness (QED) is 0.581. The van der Waals surface area contributed by atoms with E-state index < -0.39 is 0 Å². The Morgan fingerprint density at radius 1 is 0.917 bits per heavy atom. The van der Waals surface area contributed by atoms with Gasteiger partial charge in [-0.2, -0.15) is 0 Å². The van der Waals surface area contributed by atoms with Gasteiger partial charge < -0.3 is 13.7 Å². The van der Waals surface area contributed by atoms with Crippen molar-refractivity contribution in [2.75, 3.05) is 0 Å². The molecule has 4 rings (SSSR count). The average molecular weight is 318 g/mol. The van der Waals surface area contributed by atoms with Gasteiger partial charge in [0.15, 0.2) is 0 Å². The Morgan fingerprint density at radius 3 is 2.54 bits per heavy atom. The predicted molar refractivity (Wildman–Crippen MR) is 94.1 cm³/mol. The average Bonchev–Trinajstić information content (AvgIpc) is 3.18. The maximum atomic E-state index is 12.7. The fraction of sp³-hybridized carbons (Fsp3) is 0.158. The lowest BCUT2D eigenvalue weighted by atomic mass is 10.2. The lowest BCUT2D eigenvalue weighted by molar-refractivity contribution is 0.653. The fourth-order valence-electron chi connectivity index (χ4n) is 3.02. The minimum Gasteiger partial charge on any atom is -0.346 e. The van der Waals surface area contributed by atoms with Gasteiger partial charge in [-0.1, -0.05) is 30.3 Å². The maximum absolute atomic E-state index is 12.7. The number of pyridine rings is 1. The lowest BCUT2D eigenvalue weighted by Crippen LogP contribution is -2.23. The summed E-state index contributed by atoms with van der Waals surface area (Å²) in [6.45, 7) is 1.21. The largest absolute Gasteiger partial charge is 0.346 e. The van der Waals surface area contributed by atoms with Crippen molar-refractivity contribution in [1.82, 2.24) is 18.7 Å². The molecule has 4 aromatic rings. The molecule has 0 radical (unpaired) electrons. The number of aromatic nitrogens is 4. The van der Waals surface area contributed by atoms with Crippen molar-refractivity contribution >= 4 is 10.9 Å². The van der Waals surface area contributed by atoms with Crippen LogP contribution in [0.2, 0.25) is 0 Å². The standard InChI is InChI=1S/C19H18N4O/c1-21-10-7-16-8-11-23(19(24)18(16)21)14-17-20-9-12-22(17)13-15-5-3-2-4-6-15/h2-12H,13-14H2,1H3. The van der Waals surface area contributed by atoms with Crippen LogP contribution in [-0.4, -0.2) is 18.7 Å². The summed E-state index contributed by atoms with van der Waals surface area (Å²) in [6.07, 6.45) is 7.48. The molecule has 0 saturated carbocycles. The molecule has 120 valence electrons. The van der Waals surface area contributed by atoms with Gasteiger partial charge in [0, 0.05) is 43.8 Å². The molecule has 0 aliphatic heterocycles. The Labute approximate surface area is 139 Å². The van der Waals surface area contributed by atoms with Crippen LogP contribution in [0.15, 0.2) is 72.0 Å². The zero-order valence-corrected chi connectivity index (χ0v) is 13.5. The number of benzene rings is 1. The van der Waals surface area contributed by atoms with Crippen LogP contribution in [0.3, 0.4) is 0 Å². The SMILES string of the molecule is Cn1ccc2ccn(Cc3nccn3Cc3ccccc3)c(=O)c21. The van der Waals surface area contributed by atoms with Gasteiger partial charge in [0.2, 0.25) is 0 Å². The van der Waals surface area contributed by atoms with E-state index in [9.17, 15) is 4.79 Å². The van der Waals surface area contributed by atoms with Crippen molar-refractivity contribution < 1.29 is 0 Å². The maximum Gasteiger partial charge on any atom is 0.275 e. The molecule has 0 amide bonds. The molecule has 3 aromatic heterocycles. The van der Waals surface area contributed by atoms with Crippen LogP contribution in [0.25, 0.3) is 10.9 Å². The van der Waals surface area contributed by atoms with Crippen molar-refractivity contribution in [3.05, 3.63) is 89.0 Å². The molecule has 0 atom stereocenters. The first kappa shape index (κ1) is 14.5. The van der Waals surface area contributed by atoms with Crippen LogP contribution >= 0.6 is 0 Å². The van der Waals surface area contributed by atoms with Crippen molar-refractivity contribution in [3.8, 4) is 0 Å². The van der Waals surface area contributed by atoms with E-state index in [-0.39, 0.29) is 5.56 Å². The van der Waals surface area contributed by atoms with E-state index in [1.165, 1.54) is 5.56 Å². The van der Waals surface area contributed by atoms with Crippen LogP contribution in [0.5, 0.6) is 0 Å². The summed E-state index contributed by atoms with van der Waals surface area (Å²) in [4.78, 5) is 17.1. The number of aryl methyl sites for hydroxylation is 1. The molecule has 0 saturated heterocycles. The summed E-state index contributed by atoms with van der Waals surface area (Å²) in [5, 5.41) is 0.964. The highest BCUT2D eigenvalue weighted by atomic mass is 16.1. The topological polar surface area (TPSA) is 44.8 Å². The summed E-state index contributed by atoms with van der Waals surface area (Å²) >= 11 is 0. The molecule has 0 aliphatic rings. The number of nitrogens with zero attached hydrogens (tertiary/aromatic N) is 4. The molecular formula is C19H18N4O. The highest BCUT2D eigenvalue weighted by Gasteiger charge is 2.09. The van der Waals surface area contributed by atoms with Gasteiger partial charge in [-0.25, -0.2) is 4.98 Å². The second-order valence-corrected chi connectivity index (χ2v) is 5.94. The molecule has 0 bridgehead atoms. The highest BCUT2D eigenvalue weighted by Crippen LogP contribution is 2.11. The monoisotopic (exact) mass is 318 g/mol. The van der Waals surface area contributed by atoms with E-state index in [0.29, 0.717) is 6.54 Å². The van der Waals surface area contributed by atoms with Gasteiger partial charge in [-0.3, -0.25) is 4.79 Å². The number of fused-ring (bicyclic) bond motifs is 1. The molecule has 5 nitrogen and oxygen atoms in total. The van der Waals surface area contributed by atoms with E-state index in [1.807, 2.05) is 60.5 Å². The summed E-state index contributed by atoms with van der Waals surface area (Å²) in [6, 6.07) is 14.2. The van der Waals surface area contributed by atoms with Gasteiger partial charge in [0.25, 0.3) is 5.56 Å². The Bertz CT molecular complexity index is 1040. The smallest absolute Gasteiger partial charge is 0.275 e. The third kappa shape index (κ3) is 2.54. The molecule has 0 unspecified atom stereocenters. The van der Waals surface area contributed by atoms with Gasteiger partial charge >= 0.3 is 0 Å². The second kappa shape index (κ2) is 5.85. The van der Waals surface area contributed by atoms with Crippen molar-refractivity contribution in [2.45, 2.75) is 13.1 Å². The lowest BCUT2D eigenvalue weighted by Gasteiger charge is -2.10. The van der Waals surface area contributed by atoms with Crippen LogP contribution in [0.4, 0.5) is 0 Å². The van der Waals surface area contributed by atoms with E-state index in [2.05, 4.69) is 21.7 Å². The molecule has 0 aliphatic carbocycles. The van der Waals surface area contributed by atoms with Gasteiger partial charge in [0.05, 0.1) is 6.54 Å². The number of imidazole rings is 1. The Kier molecular flexibility index (Phi) is 3.54. The molecule has 1 aromatic carbocycles. The van der Waals surface area contributed by atoms with E-state index in [0.717, 1.165) is 23.3 Å². The molecule has 0 fully saturated rings. The zero-order chi connectivity index (χ0) is 16.5. The number of hydrogen-bond acceptors (Lipinski definition) is 2. The Balaban J connectivity index is 1.67. The Morgan fingerprint density at radius 2 is 1.71 bits per heavy atom. The van der Waals surface area contributed by atoms with Crippen LogP contribution in [-0.2, 0) is 20.1 Å². The third-order valence-electron chi connectivity index (χ3n) is 4.31. The van der Waals surface area contributed by atoms with Crippen molar-refractivity contribution in [3.63, 3.8) is 0 Å². The summed E-state index contributed by atoms with van der Waals surface area (Å²) < 4.78 is 5.66. The molecule has 24 heavy (non-hydrogen) atoms. The van der Waals surface area contributed by atoms with Gasteiger partial charge in [-0.15, -0.1) is 0 Å². The summed E-state index contributed by atoms with van der Waals surface area (Å²) in [5.41, 5.74) is 1.94. The van der Waals surface area contributed by atoms with Crippen molar-refractivity contribution in [1.29, 1.82) is 0 Å². The second-order valence-electron chi connectivity index (χ2n) is 5.94. The fourth-order valence-corrected chi connectivity index (χ4v) is 3.02. The minimum atomic E-state index is 0.00858. The van der Waals surface area contributed by atoms with Crippen molar-refractivity contribution in [2.24, 2.45) is 7.05 Å². The minimum absolute atomic E-state index is 0.00858. The van der Waals surface area contributed by atoms with Crippen LogP contribution < -0.4 is 5.56 Å². The van der Waals surface area contributed by atoms with E-state index in [1.54, 1.807) is 10.8 Å². The highest BCUT2D eigenvalue weighted by molar-refractivity contribution is 5.78. The van der Waals surface area contributed by atoms with E-state index >= 15 is 0 Å². The molecule has 3 heterocycles.